The van der Waals surface area contributed by atoms with Gasteiger partial charge in [0, 0.05) is 19.7 Å². The second-order valence-corrected chi connectivity index (χ2v) is 4.70. The molecule has 0 radical (unpaired) electrons. The molecule has 0 aromatic carbocycles. The zero-order valence-electron chi connectivity index (χ0n) is 9.73. The molecule has 0 aliphatic carbocycles. The van der Waals surface area contributed by atoms with Gasteiger partial charge < -0.3 is 10.4 Å². The van der Waals surface area contributed by atoms with Gasteiger partial charge in [0.15, 0.2) is 0 Å². The summed E-state index contributed by atoms with van der Waals surface area (Å²) in [6.45, 7) is 6.50. The van der Waals surface area contributed by atoms with Gasteiger partial charge in [0.1, 0.15) is 0 Å². The van der Waals surface area contributed by atoms with Gasteiger partial charge in [-0.1, -0.05) is 25.9 Å². The Morgan fingerprint density at radius 2 is 2.13 bits per heavy atom. The molecule has 0 saturated heterocycles. The Bertz CT molecular complexity index is 304. The number of hydrogen-bond acceptors (Lipinski definition) is 5. The van der Waals surface area contributed by atoms with E-state index in [0.29, 0.717) is 12.4 Å². The third kappa shape index (κ3) is 3.16. The first kappa shape index (κ1) is 11.9. The topological polar surface area (TPSA) is 75.9 Å². The molecule has 1 heterocycles. The van der Waals surface area contributed by atoms with Gasteiger partial charge in [-0.15, -0.1) is 0 Å². The highest BCUT2D eigenvalue weighted by molar-refractivity contribution is 5.24. The van der Waals surface area contributed by atoms with E-state index < -0.39 is 0 Å². The normalized spacial score (nSPS) is 13.9. The fourth-order valence-corrected chi connectivity index (χ4v) is 1.36. The molecule has 0 saturated carbocycles. The summed E-state index contributed by atoms with van der Waals surface area (Å²) in [5.41, 5.74) is 0.0503. The highest BCUT2D eigenvalue weighted by Gasteiger charge is 2.25. The third-order valence-electron chi connectivity index (χ3n) is 2.39. The largest absolute Gasteiger partial charge is 0.396 e. The standard InChI is InChI=1S/C9H19N5O/c1-9(2,3)7(5-6-15)10-8-11-12-13-14(8)4/h7,15H,5-6H2,1-4H3,(H,10,11,13). The summed E-state index contributed by atoms with van der Waals surface area (Å²) in [5.74, 6) is 0.628. The van der Waals surface area contributed by atoms with Crippen molar-refractivity contribution in [1.82, 2.24) is 20.2 Å². The van der Waals surface area contributed by atoms with Crippen LogP contribution in [0.1, 0.15) is 27.2 Å². The molecule has 6 nitrogen and oxygen atoms in total. The van der Waals surface area contributed by atoms with E-state index in [1.54, 1.807) is 11.7 Å². The molecular formula is C9H19N5O. The molecule has 86 valence electrons. The summed E-state index contributed by atoms with van der Waals surface area (Å²) in [4.78, 5) is 0. The van der Waals surface area contributed by atoms with E-state index >= 15 is 0 Å². The Morgan fingerprint density at radius 1 is 1.47 bits per heavy atom. The molecule has 0 aliphatic rings. The van der Waals surface area contributed by atoms with Crippen LogP contribution in [-0.2, 0) is 7.05 Å². The first-order valence-corrected chi connectivity index (χ1v) is 5.05. The van der Waals surface area contributed by atoms with Gasteiger partial charge in [0.2, 0.25) is 5.95 Å². The maximum Gasteiger partial charge on any atom is 0.242 e. The van der Waals surface area contributed by atoms with Crippen LogP contribution < -0.4 is 5.32 Å². The van der Waals surface area contributed by atoms with Gasteiger partial charge in [-0.25, -0.2) is 4.68 Å². The number of rotatable bonds is 4. The molecule has 1 aromatic heterocycles. The van der Waals surface area contributed by atoms with Crippen molar-refractivity contribution < 1.29 is 5.11 Å². The Hall–Kier alpha value is -1.17. The highest BCUT2D eigenvalue weighted by atomic mass is 16.3. The fraction of sp³-hybridized carbons (Fsp3) is 0.889. The number of anilines is 1. The number of aliphatic hydroxyl groups excluding tert-OH is 1. The zero-order valence-corrected chi connectivity index (χ0v) is 9.73. The van der Waals surface area contributed by atoms with Crippen molar-refractivity contribution in [3.8, 4) is 0 Å². The predicted molar refractivity (Wildman–Crippen MR) is 57.4 cm³/mol. The number of tetrazole rings is 1. The summed E-state index contributed by atoms with van der Waals surface area (Å²) in [6.07, 6.45) is 0.677. The Balaban J connectivity index is 2.71. The average molecular weight is 213 g/mol. The lowest BCUT2D eigenvalue weighted by Gasteiger charge is -2.30. The van der Waals surface area contributed by atoms with Gasteiger partial charge in [-0.2, -0.15) is 0 Å². The molecule has 15 heavy (non-hydrogen) atoms. The maximum atomic E-state index is 9.00. The summed E-state index contributed by atoms with van der Waals surface area (Å²) in [6, 6.07) is 0.146. The van der Waals surface area contributed by atoms with Gasteiger partial charge >= 0.3 is 0 Å². The lowest BCUT2D eigenvalue weighted by molar-refractivity contribution is 0.234. The molecule has 0 fully saturated rings. The summed E-state index contributed by atoms with van der Waals surface area (Å²) < 4.78 is 1.58. The van der Waals surface area contributed by atoms with Gasteiger partial charge in [0.25, 0.3) is 0 Å². The van der Waals surface area contributed by atoms with Crippen molar-refractivity contribution in [2.45, 2.75) is 33.2 Å². The molecule has 0 bridgehead atoms. The van der Waals surface area contributed by atoms with Crippen LogP contribution in [0.4, 0.5) is 5.95 Å². The summed E-state index contributed by atoms with van der Waals surface area (Å²) >= 11 is 0. The van der Waals surface area contributed by atoms with E-state index in [2.05, 4.69) is 41.6 Å². The minimum Gasteiger partial charge on any atom is -0.396 e. The molecule has 1 atom stereocenters. The van der Waals surface area contributed by atoms with Crippen LogP contribution in [0.5, 0.6) is 0 Å². The monoisotopic (exact) mass is 213 g/mol. The van der Waals surface area contributed by atoms with Crippen molar-refractivity contribution in [2.24, 2.45) is 12.5 Å². The maximum absolute atomic E-state index is 9.00. The quantitative estimate of drug-likeness (QED) is 0.758. The minimum atomic E-state index is 0.0503. The molecule has 0 aliphatic heterocycles. The number of aromatic nitrogens is 4. The Labute approximate surface area is 89.7 Å². The number of hydrogen-bond donors (Lipinski definition) is 2. The van der Waals surface area contributed by atoms with Crippen LogP contribution in [0.2, 0.25) is 0 Å². The van der Waals surface area contributed by atoms with Crippen LogP contribution in [0.3, 0.4) is 0 Å². The second kappa shape index (κ2) is 4.57. The second-order valence-electron chi connectivity index (χ2n) is 4.70. The van der Waals surface area contributed by atoms with E-state index in [0.717, 1.165) is 0 Å². The van der Waals surface area contributed by atoms with E-state index in [-0.39, 0.29) is 18.1 Å². The molecular weight excluding hydrogens is 194 g/mol. The smallest absolute Gasteiger partial charge is 0.242 e. The first-order chi connectivity index (χ1) is 6.95. The minimum absolute atomic E-state index is 0.0503. The summed E-state index contributed by atoms with van der Waals surface area (Å²) in [7, 11) is 1.78. The van der Waals surface area contributed by atoms with Crippen LogP contribution in [0.25, 0.3) is 0 Å². The lowest BCUT2D eigenvalue weighted by atomic mass is 9.85. The van der Waals surface area contributed by atoms with Gasteiger partial charge in [-0.3, -0.25) is 0 Å². The number of nitrogens with one attached hydrogen (secondary N) is 1. The molecule has 0 amide bonds. The lowest BCUT2D eigenvalue weighted by Crippen LogP contribution is -2.35. The van der Waals surface area contributed by atoms with E-state index in [4.69, 9.17) is 5.11 Å². The van der Waals surface area contributed by atoms with Crippen LogP contribution in [-0.4, -0.2) is 38.0 Å². The first-order valence-electron chi connectivity index (χ1n) is 5.05. The molecule has 2 N–H and O–H groups in total. The number of aryl methyl sites for hydroxylation is 1. The van der Waals surface area contributed by atoms with Crippen molar-refractivity contribution in [3.63, 3.8) is 0 Å². The predicted octanol–water partition coefficient (Wildman–Crippen LogP) is 0.419. The van der Waals surface area contributed by atoms with Crippen LogP contribution in [0, 0.1) is 5.41 Å². The summed E-state index contributed by atoms with van der Waals surface area (Å²) in [5, 5.41) is 23.4. The SMILES string of the molecule is Cn1nnnc1NC(CCO)C(C)(C)C. The van der Waals surface area contributed by atoms with Crippen LogP contribution in [0.15, 0.2) is 0 Å². The molecule has 0 spiro atoms. The molecule has 1 rings (SSSR count). The fourth-order valence-electron chi connectivity index (χ4n) is 1.36. The molecule has 6 heteroatoms. The highest BCUT2D eigenvalue weighted by Crippen LogP contribution is 2.24. The number of nitrogens with zero attached hydrogens (tertiary/aromatic N) is 4. The van der Waals surface area contributed by atoms with Crippen molar-refractivity contribution in [1.29, 1.82) is 0 Å². The third-order valence-corrected chi connectivity index (χ3v) is 2.39. The van der Waals surface area contributed by atoms with E-state index in [9.17, 15) is 0 Å². The molecule has 1 aromatic rings. The van der Waals surface area contributed by atoms with E-state index in [1.165, 1.54) is 0 Å². The number of aliphatic hydroxyl groups is 1. The van der Waals surface area contributed by atoms with Gasteiger partial charge in [-0.05, 0) is 22.3 Å². The average Bonchev–Trinajstić information content (AvgIpc) is 2.49. The van der Waals surface area contributed by atoms with Crippen molar-refractivity contribution in [2.75, 3.05) is 11.9 Å². The van der Waals surface area contributed by atoms with Crippen molar-refractivity contribution >= 4 is 5.95 Å². The van der Waals surface area contributed by atoms with Gasteiger partial charge in [0.05, 0.1) is 0 Å². The van der Waals surface area contributed by atoms with E-state index in [1.807, 2.05) is 0 Å². The molecule has 1 unspecified atom stereocenters. The van der Waals surface area contributed by atoms with Crippen molar-refractivity contribution in [3.05, 3.63) is 0 Å². The van der Waals surface area contributed by atoms with Crippen LogP contribution >= 0.6 is 0 Å². The zero-order chi connectivity index (χ0) is 11.5. The Kier molecular flexibility index (Phi) is 3.62. The Morgan fingerprint density at radius 3 is 2.53 bits per heavy atom.